The number of allylic oxidation sites excluding steroid dienone is 3. The van der Waals surface area contributed by atoms with E-state index in [1.165, 1.54) is 29.2 Å². The Balaban J connectivity index is 1.44. The van der Waals surface area contributed by atoms with Crippen LogP contribution in [-0.4, -0.2) is 34.0 Å². The predicted octanol–water partition coefficient (Wildman–Crippen LogP) is 6.38. The second-order valence-electron chi connectivity index (χ2n) is 10.2. The SMILES string of the molecule is CC(=O)N[C@@H](CSC1C2=CC1(c1c(Cc3ccccc3)oc3ccccc13)CC=C2c1ccccc1)C(=O)O. The molecule has 2 bridgehead atoms. The lowest BCUT2D eigenvalue weighted by Gasteiger charge is -2.52. The number of rotatable bonds is 9. The summed E-state index contributed by atoms with van der Waals surface area (Å²) in [6.45, 7) is 1.35. The number of nitrogens with one attached hydrogen (secondary N) is 1. The minimum absolute atomic E-state index is 0.0174. The van der Waals surface area contributed by atoms with Crippen molar-refractivity contribution in [2.45, 2.75) is 36.5 Å². The number of para-hydroxylation sites is 1. The number of thioether (sulfide) groups is 1. The van der Waals surface area contributed by atoms with Crippen molar-refractivity contribution in [2.75, 3.05) is 5.75 Å². The number of carboxylic acids is 1. The standard InChI is InChI=1S/C33H29NO4S/c1-21(35)34-27(32(36)37)20-39-31-26-19-33(31,17-16-24(26)23-12-6-3-7-13-23)30-25-14-8-9-15-28(25)38-29(30)18-22-10-4-2-5-11-22/h2-16,19,27,31H,17-18,20H2,1H3,(H,34,35)(H,36,37)/t27-,31?,33?/m0/s1. The van der Waals surface area contributed by atoms with Crippen LogP contribution in [0.3, 0.4) is 0 Å². The second-order valence-corrected chi connectivity index (χ2v) is 11.3. The molecule has 3 aliphatic carbocycles. The Bertz CT molecular complexity index is 1600. The first-order valence-electron chi connectivity index (χ1n) is 13.1. The third-order valence-electron chi connectivity index (χ3n) is 7.65. The van der Waals surface area contributed by atoms with Gasteiger partial charge in [0.2, 0.25) is 5.91 Å². The quantitative estimate of drug-likeness (QED) is 0.260. The molecule has 6 heteroatoms. The highest BCUT2D eigenvalue weighted by molar-refractivity contribution is 8.00. The molecular weight excluding hydrogens is 506 g/mol. The van der Waals surface area contributed by atoms with E-state index in [-0.39, 0.29) is 22.3 Å². The first kappa shape index (κ1) is 25.3. The summed E-state index contributed by atoms with van der Waals surface area (Å²) in [5.74, 6) is -0.162. The normalized spacial score (nSPS) is 20.5. The molecule has 2 unspecified atom stereocenters. The molecule has 3 aliphatic rings. The fraction of sp³-hybridized carbons (Fsp3) is 0.212. The molecule has 0 aliphatic heterocycles. The molecule has 1 heterocycles. The van der Waals surface area contributed by atoms with Gasteiger partial charge in [0.15, 0.2) is 0 Å². The number of carboxylic acid groups (broad SMARTS) is 1. The number of hydrogen-bond donors (Lipinski definition) is 2. The van der Waals surface area contributed by atoms with E-state index in [2.05, 4.69) is 47.8 Å². The van der Waals surface area contributed by atoms with Crippen LogP contribution in [0, 0.1) is 0 Å². The third-order valence-corrected chi connectivity index (χ3v) is 9.18. The molecule has 0 fully saturated rings. The predicted molar refractivity (Wildman–Crippen MR) is 156 cm³/mol. The van der Waals surface area contributed by atoms with E-state index >= 15 is 0 Å². The number of amides is 1. The lowest BCUT2D eigenvalue weighted by atomic mass is 9.57. The molecule has 39 heavy (non-hydrogen) atoms. The number of hydrogen-bond acceptors (Lipinski definition) is 4. The van der Waals surface area contributed by atoms with Crippen molar-refractivity contribution in [3.05, 3.63) is 125 Å². The van der Waals surface area contributed by atoms with Crippen LogP contribution in [0.25, 0.3) is 16.5 Å². The number of carbonyl (C=O) groups excluding carboxylic acids is 1. The van der Waals surface area contributed by atoms with Crippen LogP contribution >= 0.6 is 11.8 Å². The van der Waals surface area contributed by atoms with E-state index in [0.29, 0.717) is 6.42 Å². The summed E-state index contributed by atoms with van der Waals surface area (Å²) in [4.78, 5) is 23.7. The molecule has 2 N–H and O–H groups in total. The van der Waals surface area contributed by atoms with Crippen LogP contribution in [0.4, 0.5) is 0 Å². The monoisotopic (exact) mass is 535 g/mol. The zero-order valence-corrected chi connectivity index (χ0v) is 22.4. The average molecular weight is 536 g/mol. The van der Waals surface area contributed by atoms with E-state index in [0.717, 1.165) is 28.7 Å². The van der Waals surface area contributed by atoms with E-state index in [4.69, 9.17) is 4.42 Å². The number of carbonyl (C=O) groups is 2. The van der Waals surface area contributed by atoms with Gasteiger partial charge < -0.3 is 14.8 Å². The van der Waals surface area contributed by atoms with Gasteiger partial charge >= 0.3 is 5.97 Å². The van der Waals surface area contributed by atoms with Gasteiger partial charge in [0, 0.05) is 40.7 Å². The van der Waals surface area contributed by atoms with Crippen LogP contribution < -0.4 is 5.32 Å². The zero-order chi connectivity index (χ0) is 27.0. The highest BCUT2D eigenvalue weighted by atomic mass is 32.2. The second kappa shape index (κ2) is 10.3. The zero-order valence-electron chi connectivity index (χ0n) is 21.6. The molecule has 5 nitrogen and oxygen atoms in total. The van der Waals surface area contributed by atoms with Gasteiger partial charge in [0.05, 0.1) is 0 Å². The van der Waals surface area contributed by atoms with Crippen LogP contribution in [0.15, 0.2) is 107 Å². The Labute approximate surface area is 231 Å². The molecule has 0 radical (unpaired) electrons. The average Bonchev–Trinajstić information content (AvgIpc) is 3.31. The maximum absolute atomic E-state index is 12.0. The molecule has 1 amide bonds. The highest BCUT2D eigenvalue weighted by Crippen LogP contribution is 2.60. The van der Waals surface area contributed by atoms with Crippen LogP contribution in [0.1, 0.15) is 35.8 Å². The van der Waals surface area contributed by atoms with Crippen molar-refractivity contribution in [3.63, 3.8) is 0 Å². The number of aliphatic carboxylic acids is 1. The smallest absolute Gasteiger partial charge is 0.327 e. The Hall–Kier alpha value is -4.03. The summed E-state index contributed by atoms with van der Waals surface area (Å²) in [7, 11) is 0. The van der Waals surface area contributed by atoms with Gasteiger partial charge in [-0.1, -0.05) is 91.0 Å². The summed E-state index contributed by atoms with van der Waals surface area (Å²) < 4.78 is 6.51. The summed E-state index contributed by atoms with van der Waals surface area (Å²) >= 11 is 1.61. The molecule has 0 saturated carbocycles. The molecule has 1 aromatic heterocycles. The maximum Gasteiger partial charge on any atom is 0.327 e. The third kappa shape index (κ3) is 4.59. The van der Waals surface area contributed by atoms with Crippen LogP contribution in [0.2, 0.25) is 0 Å². The van der Waals surface area contributed by atoms with Gasteiger partial charge in [-0.05, 0) is 34.8 Å². The molecule has 196 valence electrons. The first-order valence-corrected chi connectivity index (χ1v) is 14.2. The number of benzene rings is 3. The van der Waals surface area contributed by atoms with Crippen molar-refractivity contribution < 1.29 is 19.1 Å². The molecular formula is C33H29NO4S. The fourth-order valence-corrected chi connectivity index (χ4v) is 7.52. The molecule has 0 saturated heterocycles. The van der Waals surface area contributed by atoms with Gasteiger partial charge in [0.25, 0.3) is 0 Å². The Morgan fingerprint density at radius 3 is 2.41 bits per heavy atom. The number of fused-ring (bicyclic) bond motifs is 2. The Morgan fingerprint density at radius 2 is 1.72 bits per heavy atom. The van der Waals surface area contributed by atoms with Crippen molar-refractivity contribution in [1.29, 1.82) is 0 Å². The van der Waals surface area contributed by atoms with Crippen molar-refractivity contribution in [3.8, 4) is 0 Å². The number of furan rings is 1. The summed E-state index contributed by atoms with van der Waals surface area (Å²) in [6, 6.07) is 27.9. The van der Waals surface area contributed by atoms with Crippen molar-refractivity contribution >= 4 is 40.2 Å². The summed E-state index contributed by atoms with van der Waals surface area (Å²) in [6.07, 6.45) is 6.14. The fourth-order valence-electron chi connectivity index (χ4n) is 5.95. The van der Waals surface area contributed by atoms with Gasteiger partial charge in [-0.3, -0.25) is 4.79 Å². The van der Waals surface area contributed by atoms with Gasteiger partial charge in [-0.2, -0.15) is 0 Å². The molecule has 3 atom stereocenters. The lowest BCUT2D eigenvalue weighted by molar-refractivity contribution is -0.140. The van der Waals surface area contributed by atoms with Crippen LogP contribution in [0.5, 0.6) is 0 Å². The summed E-state index contributed by atoms with van der Waals surface area (Å²) in [5.41, 5.74) is 6.43. The van der Waals surface area contributed by atoms with E-state index in [1.54, 1.807) is 11.8 Å². The maximum atomic E-state index is 12.0. The topological polar surface area (TPSA) is 79.5 Å². The summed E-state index contributed by atoms with van der Waals surface area (Å²) in [5, 5.41) is 13.5. The molecule has 4 aromatic rings. The molecule has 3 aromatic carbocycles. The van der Waals surface area contributed by atoms with Crippen molar-refractivity contribution in [1.82, 2.24) is 5.32 Å². The van der Waals surface area contributed by atoms with Gasteiger partial charge in [-0.25, -0.2) is 4.79 Å². The molecule has 0 spiro atoms. The Morgan fingerprint density at radius 1 is 1.03 bits per heavy atom. The lowest BCUT2D eigenvalue weighted by Crippen LogP contribution is -2.50. The van der Waals surface area contributed by atoms with Crippen molar-refractivity contribution in [2.24, 2.45) is 0 Å². The van der Waals surface area contributed by atoms with Crippen LogP contribution in [-0.2, 0) is 21.4 Å². The Kier molecular flexibility index (Phi) is 6.65. The van der Waals surface area contributed by atoms with Gasteiger partial charge in [0.1, 0.15) is 17.4 Å². The van der Waals surface area contributed by atoms with E-state index < -0.39 is 12.0 Å². The highest BCUT2D eigenvalue weighted by Gasteiger charge is 2.54. The van der Waals surface area contributed by atoms with Gasteiger partial charge in [-0.15, -0.1) is 11.8 Å². The first-order chi connectivity index (χ1) is 19.0. The largest absolute Gasteiger partial charge is 0.480 e. The minimum atomic E-state index is -1.03. The van der Waals surface area contributed by atoms with E-state index in [1.807, 2.05) is 54.6 Å². The molecule has 7 rings (SSSR count). The minimum Gasteiger partial charge on any atom is -0.480 e. The van der Waals surface area contributed by atoms with E-state index in [9.17, 15) is 14.7 Å².